The third-order valence-corrected chi connectivity index (χ3v) is 6.39. The standard InChI is InChI=1S/C22H23ClFN3O3S.ClH/c23-16-5-3-8-19-21(16)25-22(31-19)27(10-4-9-26-11-13-29-14-12-26)20(28)15-30-18-7-2-1-6-17(18)24;/h1-3,5-8H,4,9-15H2;1H. The van der Waals surface area contributed by atoms with Gasteiger partial charge in [0, 0.05) is 26.2 Å². The number of para-hydroxylation sites is 2. The summed E-state index contributed by atoms with van der Waals surface area (Å²) in [5.74, 6) is -0.724. The second-order valence-corrected chi connectivity index (χ2v) is 8.57. The first-order chi connectivity index (χ1) is 15.1. The van der Waals surface area contributed by atoms with Crippen LogP contribution in [0.5, 0.6) is 5.75 Å². The Hall–Kier alpha value is -1.97. The summed E-state index contributed by atoms with van der Waals surface area (Å²) in [4.78, 5) is 21.6. The van der Waals surface area contributed by atoms with Gasteiger partial charge >= 0.3 is 0 Å². The molecule has 1 amide bonds. The topological polar surface area (TPSA) is 54.9 Å². The van der Waals surface area contributed by atoms with E-state index in [4.69, 9.17) is 21.1 Å². The maximum Gasteiger partial charge on any atom is 0.266 e. The van der Waals surface area contributed by atoms with E-state index in [1.54, 1.807) is 23.1 Å². The number of carbonyl (C=O) groups excluding carboxylic acids is 1. The maximum absolute atomic E-state index is 13.9. The lowest BCUT2D eigenvalue weighted by Crippen LogP contribution is -2.40. The van der Waals surface area contributed by atoms with Crippen LogP contribution < -0.4 is 9.64 Å². The van der Waals surface area contributed by atoms with Gasteiger partial charge in [-0.1, -0.05) is 41.1 Å². The van der Waals surface area contributed by atoms with Crippen LogP contribution >= 0.6 is 35.3 Å². The second kappa shape index (κ2) is 11.8. The lowest BCUT2D eigenvalue weighted by atomic mass is 10.3. The summed E-state index contributed by atoms with van der Waals surface area (Å²) in [6.45, 7) is 4.30. The Kier molecular flexibility index (Phi) is 9.07. The molecule has 0 unspecified atom stereocenters. The molecule has 0 saturated carbocycles. The molecule has 1 aliphatic heterocycles. The molecular formula is C22H24Cl2FN3O3S. The second-order valence-electron chi connectivity index (χ2n) is 7.16. The molecule has 3 aromatic rings. The minimum absolute atomic E-state index is 0. The number of amides is 1. The van der Waals surface area contributed by atoms with E-state index in [1.807, 2.05) is 12.1 Å². The number of morpholine rings is 1. The van der Waals surface area contributed by atoms with Crippen LogP contribution in [-0.2, 0) is 9.53 Å². The molecule has 4 rings (SSSR count). The van der Waals surface area contributed by atoms with Crippen molar-refractivity contribution in [2.24, 2.45) is 0 Å². The number of benzene rings is 2. The number of hydrogen-bond donors (Lipinski definition) is 0. The SMILES string of the molecule is Cl.O=C(COc1ccccc1F)N(CCCN1CCOCC1)c1nc2c(Cl)cccc2s1. The van der Waals surface area contributed by atoms with E-state index in [0.717, 1.165) is 44.0 Å². The summed E-state index contributed by atoms with van der Waals surface area (Å²) >= 11 is 7.68. The van der Waals surface area contributed by atoms with Gasteiger partial charge in [0.25, 0.3) is 5.91 Å². The number of halogens is 3. The van der Waals surface area contributed by atoms with Gasteiger partial charge in [0.05, 0.1) is 22.9 Å². The molecule has 1 aliphatic rings. The Morgan fingerprint density at radius 2 is 2.00 bits per heavy atom. The average molecular weight is 500 g/mol. The number of rotatable bonds is 8. The van der Waals surface area contributed by atoms with Crippen molar-refractivity contribution in [2.75, 3.05) is 50.9 Å². The number of fused-ring (bicyclic) bond motifs is 1. The third kappa shape index (κ3) is 6.08. The average Bonchev–Trinajstić information content (AvgIpc) is 3.22. The Bertz CT molecular complexity index is 1050. The molecule has 32 heavy (non-hydrogen) atoms. The molecule has 1 saturated heterocycles. The van der Waals surface area contributed by atoms with Crippen LogP contribution in [0.2, 0.25) is 5.02 Å². The van der Waals surface area contributed by atoms with Crippen molar-refractivity contribution in [3.05, 3.63) is 53.3 Å². The summed E-state index contributed by atoms with van der Waals surface area (Å²) in [7, 11) is 0. The fourth-order valence-electron chi connectivity index (χ4n) is 3.40. The Labute approximate surface area is 201 Å². The van der Waals surface area contributed by atoms with Gasteiger partial charge in [-0.2, -0.15) is 0 Å². The van der Waals surface area contributed by atoms with E-state index in [0.29, 0.717) is 22.2 Å². The first-order valence-electron chi connectivity index (χ1n) is 10.1. The molecule has 172 valence electrons. The molecule has 0 N–H and O–H groups in total. The van der Waals surface area contributed by atoms with E-state index in [-0.39, 0.29) is 30.7 Å². The van der Waals surface area contributed by atoms with Crippen LogP contribution in [0.3, 0.4) is 0 Å². The molecule has 0 radical (unpaired) electrons. The highest BCUT2D eigenvalue weighted by atomic mass is 35.5. The van der Waals surface area contributed by atoms with Crippen molar-refractivity contribution in [2.45, 2.75) is 6.42 Å². The third-order valence-electron chi connectivity index (χ3n) is 5.04. The number of hydrogen-bond acceptors (Lipinski definition) is 6. The van der Waals surface area contributed by atoms with E-state index >= 15 is 0 Å². The predicted octanol–water partition coefficient (Wildman–Crippen LogP) is 4.64. The minimum atomic E-state index is -0.499. The molecule has 0 bridgehead atoms. The van der Waals surface area contributed by atoms with E-state index in [2.05, 4.69) is 9.88 Å². The van der Waals surface area contributed by atoms with Crippen molar-refractivity contribution >= 4 is 56.6 Å². The van der Waals surface area contributed by atoms with Crippen LogP contribution in [0.25, 0.3) is 10.2 Å². The first-order valence-corrected chi connectivity index (χ1v) is 11.3. The van der Waals surface area contributed by atoms with Gasteiger partial charge in [-0.25, -0.2) is 9.37 Å². The zero-order valence-electron chi connectivity index (χ0n) is 17.3. The normalized spacial score (nSPS) is 14.2. The van der Waals surface area contributed by atoms with Gasteiger partial charge in [-0.15, -0.1) is 12.4 Å². The molecule has 0 atom stereocenters. The molecular weight excluding hydrogens is 476 g/mol. The van der Waals surface area contributed by atoms with Gasteiger partial charge in [0.15, 0.2) is 23.3 Å². The first kappa shape index (κ1) is 24.7. The maximum atomic E-state index is 13.9. The summed E-state index contributed by atoms with van der Waals surface area (Å²) in [6, 6.07) is 11.6. The highest BCUT2D eigenvalue weighted by molar-refractivity contribution is 7.22. The van der Waals surface area contributed by atoms with Crippen molar-refractivity contribution in [1.82, 2.24) is 9.88 Å². The molecule has 0 aliphatic carbocycles. The van der Waals surface area contributed by atoms with E-state index in [1.165, 1.54) is 23.5 Å². The zero-order chi connectivity index (χ0) is 21.6. The number of nitrogens with zero attached hydrogens (tertiary/aromatic N) is 3. The predicted molar refractivity (Wildman–Crippen MR) is 128 cm³/mol. The Balaban J connectivity index is 0.00000289. The van der Waals surface area contributed by atoms with Crippen molar-refractivity contribution in [1.29, 1.82) is 0 Å². The lowest BCUT2D eigenvalue weighted by Gasteiger charge is -2.27. The van der Waals surface area contributed by atoms with Crippen LogP contribution in [0.4, 0.5) is 9.52 Å². The van der Waals surface area contributed by atoms with Crippen LogP contribution in [0.15, 0.2) is 42.5 Å². The fourth-order valence-corrected chi connectivity index (χ4v) is 4.71. The van der Waals surface area contributed by atoms with Gasteiger partial charge in [-0.05, 0) is 30.7 Å². The summed E-state index contributed by atoms with van der Waals surface area (Å²) in [6.07, 6.45) is 0.773. The Morgan fingerprint density at radius 3 is 2.75 bits per heavy atom. The summed E-state index contributed by atoms with van der Waals surface area (Å²) < 4.78 is 25.6. The van der Waals surface area contributed by atoms with Crippen molar-refractivity contribution < 1.29 is 18.7 Å². The largest absolute Gasteiger partial charge is 0.481 e. The van der Waals surface area contributed by atoms with Gasteiger partial charge < -0.3 is 9.47 Å². The van der Waals surface area contributed by atoms with Crippen molar-refractivity contribution in [3.63, 3.8) is 0 Å². The minimum Gasteiger partial charge on any atom is -0.481 e. The molecule has 1 fully saturated rings. The smallest absolute Gasteiger partial charge is 0.266 e. The Morgan fingerprint density at radius 1 is 1.22 bits per heavy atom. The molecule has 10 heteroatoms. The number of anilines is 1. The molecule has 1 aromatic heterocycles. The van der Waals surface area contributed by atoms with Gasteiger partial charge in [0.1, 0.15) is 5.52 Å². The number of aromatic nitrogens is 1. The molecule has 6 nitrogen and oxygen atoms in total. The fraction of sp³-hybridized carbons (Fsp3) is 0.364. The zero-order valence-corrected chi connectivity index (χ0v) is 19.7. The summed E-state index contributed by atoms with van der Waals surface area (Å²) in [5.41, 5.74) is 0.671. The number of carbonyl (C=O) groups is 1. The quantitative estimate of drug-likeness (QED) is 0.451. The number of ether oxygens (including phenoxy) is 2. The van der Waals surface area contributed by atoms with Crippen LogP contribution in [0.1, 0.15) is 6.42 Å². The monoisotopic (exact) mass is 499 g/mol. The van der Waals surface area contributed by atoms with E-state index in [9.17, 15) is 9.18 Å². The van der Waals surface area contributed by atoms with Crippen LogP contribution in [-0.4, -0.2) is 61.8 Å². The highest BCUT2D eigenvalue weighted by Gasteiger charge is 2.22. The number of thiazole rings is 1. The van der Waals surface area contributed by atoms with Crippen LogP contribution in [0, 0.1) is 5.82 Å². The van der Waals surface area contributed by atoms with Gasteiger partial charge in [-0.3, -0.25) is 14.6 Å². The molecule has 2 heterocycles. The summed E-state index contributed by atoms with van der Waals surface area (Å²) in [5, 5.41) is 1.11. The molecule has 2 aromatic carbocycles. The lowest BCUT2D eigenvalue weighted by molar-refractivity contribution is -0.120. The van der Waals surface area contributed by atoms with Gasteiger partial charge in [0.2, 0.25) is 0 Å². The van der Waals surface area contributed by atoms with Crippen molar-refractivity contribution in [3.8, 4) is 5.75 Å². The molecule has 0 spiro atoms. The van der Waals surface area contributed by atoms with E-state index < -0.39 is 5.82 Å². The highest BCUT2D eigenvalue weighted by Crippen LogP contribution is 2.33.